The number of hydrogen-bond donors (Lipinski definition) is 1. The van der Waals surface area contributed by atoms with E-state index in [1.165, 1.54) is 4.90 Å². The first-order valence-corrected chi connectivity index (χ1v) is 8.97. The van der Waals surface area contributed by atoms with Crippen molar-refractivity contribution >= 4 is 46.4 Å². The van der Waals surface area contributed by atoms with Crippen LogP contribution in [0.1, 0.15) is 12.5 Å². The number of rotatable bonds is 4. The van der Waals surface area contributed by atoms with Crippen LogP contribution in [0.15, 0.2) is 42.5 Å². The summed E-state index contributed by atoms with van der Waals surface area (Å²) in [6.07, 6.45) is 0. The molecule has 1 N–H and O–H groups in total. The van der Waals surface area contributed by atoms with Gasteiger partial charge in [0.2, 0.25) is 11.8 Å². The molecule has 136 valence electrons. The fourth-order valence-electron chi connectivity index (χ4n) is 2.91. The maximum absolute atomic E-state index is 13.0. The van der Waals surface area contributed by atoms with Gasteiger partial charge in [-0.1, -0.05) is 41.4 Å². The summed E-state index contributed by atoms with van der Waals surface area (Å²) in [4.78, 5) is 28.4. The molecule has 0 saturated heterocycles. The Bertz CT molecular complexity index is 856. The summed E-state index contributed by atoms with van der Waals surface area (Å²) < 4.78 is 0. The Morgan fingerprint density at radius 2 is 1.96 bits per heavy atom. The minimum absolute atomic E-state index is 0.0147. The van der Waals surface area contributed by atoms with Gasteiger partial charge in [-0.2, -0.15) is 0 Å². The number of amides is 2. The largest absolute Gasteiger partial charge is 0.323 e. The summed E-state index contributed by atoms with van der Waals surface area (Å²) >= 11 is 12.0. The summed E-state index contributed by atoms with van der Waals surface area (Å²) in [5, 5.41) is 3.77. The van der Waals surface area contributed by atoms with Crippen LogP contribution in [0.4, 0.5) is 11.4 Å². The Kier molecular flexibility index (Phi) is 5.51. The van der Waals surface area contributed by atoms with Gasteiger partial charge < -0.3 is 5.32 Å². The number of benzene rings is 2. The summed E-state index contributed by atoms with van der Waals surface area (Å²) in [5.41, 5.74) is 2.32. The predicted octanol–water partition coefficient (Wildman–Crippen LogP) is 3.80. The molecule has 1 atom stereocenters. The number of halogens is 2. The van der Waals surface area contributed by atoms with Crippen molar-refractivity contribution < 1.29 is 9.59 Å². The number of carbonyl (C=O) groups excluding carboxylic acids is 2. The Labute approximate surface area is 162 Å². The van der Waals surface area contributed by atoms with Crippen molar-refractivity contribution in [2.24, 2.45) is 0 Å². The third-order valence-corrected chi connectivity index (χ3v) is 5.21. The molecule has 26 heavy (non-hydrogen) atoms. The van der Waals surface area contributed by atoms with Gasteiger partial charge in [0, 0.05) is 6.54 Å². The first-order valence-electron chi connectivity index (χ1n) is 8.21. The average molecular weight is 392 g/mol. The predicted molar refractivity (Wildman–Crippen MR) is 105 cm³/mol. The maximum Gasteiger partial charge on any atom is 0.244 e. The molecule has 1 aliphatic heterocycles. The van der Waals surface area contributed by atoms with E-state index in [0.717, 1.165) is 5.56 Å². The van der Waals surface area contributed by atoms with Crippen LogP contribution < -0.4 is 10.2 Å². The third-order valence-electron chi connectivity index (χ3n) is 4.47. The second kappa shape index (κ2) is 7.66. The summed E-state index contributed by atoms with van der Waals surface area (Å²) in [7, 11) is 1.86. The first-order chi connectivity index (χ1) is 12.4. The number of fused-ring (bicyclic) bond motifs is 1. The number of likely N-dealkylation sites (N-methyl/N-ethyl adjacent to an activating group) is 1. The number of anilines is 2. The quantitative estimate of drug-likeness (QED) is 0.861. The van der Waals surface area contributed by atoms with Gasteiger partial charge in [0.1, 0.15) is 6.54 Å². The highest BCUT2D eigenvalue weighted by Gasteiger charge is 2.31. The number of nitrogens with one attached hydrogen (secondary N) is 1. The molecule has 0 aliphatic carbocycles. The number of nitrogens with zero attached hydrogens (tertiary/aromatic N) is 2. The van der Waals surface area contributed by atoms with Gasteiger partial charge in [0.15, 0.2) is 0 Å². The summed E-state index contributed by atoms with van der Waals surface area (Å²) in [6, 6.07) is 12.3. The molecule has 5 nitrogen and oxygen atoms in total. The standard InChI is InChI=1S/C19H19Cl2N3O2/c1-12(23(2)10-13-7-8-14(20)15(21)9-13)19(26)24-11-18(25)22-16-5-3-4-6-17(16)24/h3-9,12H,10-11H2,1-2H3,(H,22,25)/t12-/m1/s1. The van der Waals surface area contributed by atoms with E-state index in [9.17, 15) is 9.59 Å². The molecule has 0 unspecified atom stereocenters. The van der Waals surface area contributed by atoms with E-state index in [2.05, 4.69) is 5.32 Å². The molecule has 0 bridgehead atoms. The van der Waals surface area contributed by atoms with Gasteiger partial charge in [-0.15, -0.1) is 0 Å². The fourth-order valence-corrected chi connectivity index (χ4v) is 3.23. The van der Waals surface area contributed by atoms with E-state index in [4.69, 9.17) is 23.2 Å². The molecule has 1 aliphatic rings. The highest BCUT2D eigenvalue weighted by Crippen LogP contribution is 2.30. The van der Waals surface area contributed by atoms with Crippen molar-refractivity contribution in [1.82, 2.24) is 4.90 Å². The Balaban J connectivity index is 1.76. The number of para-hydroxylation sites is 2. The zero-order valence-corrected chi connectivity index (χ0v) is 16.0. The SMILES string of the molecule is C[C@H](C(=O)N1CC(=O)Nc2ccccc21)N(C)Cc1ccc(Cl)c(Cl)c1. The normalized spacial score (nSPS) is 14.8. The van der Waals surface area contributed by atoms with Crippen molar-refractivity contribution in [3.8, 4) is 0 Å². The molecule has 2 amide bonds. The van der Waals surface area contributed by atoms with Crippen molar-refractivity contribution in [3.63, 3.8) is 0 Å². The van der Waals surface area contributed by atoms with Crippen LogP contribution in [0.2, 0.25) is 10.0 Å². The lowest BCUT2D eigenvalue weighted by Gasteiger charge is -2.33. The van der Waals surface area contributed by atoms with Crippen LogP contribution in [0.3, 0.4) is 0 Å². The molecule has 1 heterocycles. The third kappa shape index (κ3) is 3.85. The fraction of sp³-hybridized carbons (Fsp3) is 0.263. The highest BCUT2D eigenvalue weighted by atomic mass is 35.5. The van der Waals surface area contributed by atoms with E-state index in [0.29, 0.717) is 28.0 Å². The van der Waals surface area contributed by atoms with E-state index in [1.54, 1.807) is 18.2 Å². The van der Waals surface area contributed by atoms with Crippen LogP contribution in [0.25, 0.3) is 0 Å². The topological polar surface area (TPSA) is 52.7 Å². The van der Waals surface area contributed by atoms with Crippen molar-refractivity contribution in [1.29, 1.82) is 0 Å². The lowest BCUT2D eigenvalue weighted by Crippen LogP contribution is -2.50. The number of hydrogen-bond acceptors (Lipinski definition) is 3. The van der Waals surface area contributed by atoms with Gasteiger partial charge >= 0.3 is 0 Å². The molecule has 2 aromatic rings. The summed E-state index contributed by atoms with van der Waals surface area (Å²) in [6.45, 7) is 2.38. The zero-order chi connectivity index (χ0) is 18.8. The van der Waals surface area contributed by atoms with Crippen LogP contribution in [-0.4, -0.2) is 36.3 Å². The van der Waals surface area contributed by atoms with Crippen molar-refractivity contribution in [3.05, 3.63) is 58.1 Å². The molecule has 0 saturated carbocycles. The van der Waals surface area contributed by atoms with Gasteiger partial charge in [-0.05, 0) is 43.8 Å². The molecule has 3 rings (SSSR count). The second-order valence-electron chi connectivity index (χ2n) is 6.33. The molecule has 0 aromatic heterocycles. The second-order valence-corrected chi connectivity index (χ2v) is 7.14. The molecule has 0 spiro atoms. The van der Waals surface area contributed by atoms with Crippen LogP contribution >= 0.6 is 23.2 Å². The van der Waals surface area contributed by atoms with E-state index in [1.807, 2.05) is 43.1 Å². The average Bonchev–Trinajstić information content (AvgIpc) is 2.62. The Hall–Kier alpha value is -2.08. The number of carbonyl (C=O) groups is 2. The van der Waals surface area contributed by atoms with E-state index >= 15 is 0 Å². The molecular formula is C19H19Cl2N3O2. The van der Waals surface area contributed by atoms with Crippen LogP contribution in [0, 0.1) is 0 Å². The van der Waals surface area contributed by atoms with Crippen molar-refractivity contribution in [2.75, 3.05) is 23.8 Å². The Morgan fingerprint density at radius 3 is 2.69 bits per heavy atom. The van der Waals surface area contributed by atoms with Gasteiger partial charge in [-0.25, -0.2) is 0 Å². The van der Waals surface area contributed by atoms with Gasteiger partial charge in [0.25, 0.3) is 0 Å². The molecular weight excluding hydrogens is 373 g/mol. The smallest absolute Gasteiger partial charge is 0.244 e. The van der Waals surface area contributed by atoms with Crippen molar-refractivity contribution in [2.45, 2.75) is 19.5 Å². The van der Waals surface area contributed by atoms with E-state index in [-0.39, 0.29) is 18.4 Å². The lowest BCUT2D eigenvalue weighted by molar-refractivity contribution is -0.125. The molecule has 2 aromatic carbocycles. The zero-order valence-electron chi connectivity index (χ0n) is 14.5. The first kappa shape index (κ1) is 18.7. The minimum Gasteiger partial charge on any atom is -0.323 e. The summed E-state index contributed by atoms with van der Waals surface area (Å²) in [5.74, 6) is -0.328. The van der Waals surface area contributed by atoms with Crippen LogP contribution in [0.5, 0.6) is 0 Å². The molecule has 0 radical (unpaired) electrons. The monoisotopic (exact) mass is 391 g/mol. The van der Waals surface area contributed by atoms with Crippen LogP contribution in [-0.2, 0) is 16.1 Å². The molecule has 7 heteroatoms. The molecule has 0 fully saturated rings. The van der Waals surface area contributed by atoms with E-state index < -0.39 is 6.04 Å². The Morgan fingerprint density at radius 1 is 1.23 bits per heavy atom. The van der Waals surface area contributed by atoms with Gasteiger partial charge in [0.05, 0.1) is 27.5 Å². The maximum atomic E-state index is 13.0. The highest BCUT2D eigenvalue weighted by molar-refractivity contribution is 6.42. The van der Waals surface area contributed by atoms with Gasteiger partial charge in [-0.3, -0.25) is 19.4 Å². The minimum atomic E-state index is -0.414. The lowest BCUT2D eigenvalue weighted by atomic mass is 10.1.